The highest BCUT2D eigenvalue weighted by atomic mass is 79.9. The standard InChI is InChI=1S/C33H31BrN4O4/c1-4-5-9-31-36-30-15-10-26(34)18-29(30)32(39)38(31)35-19-25-16-21(2)37(22(25)3)27-11-13-28(14-12-27)42-20-23-7-6-8-24(17-23)33(40)41/h6-8,10-19H,4-5,9,20H2,1-3H3,(H,40,41). The molecule has 0 atom stereocenters. The summed E-state index contributed by atoms with van der Waals surface area (Å²) in [4.78, 5) is 29.4. The van der Waals surface area contributed by atoms with Gasteiger partial charge in [0.15, 0.2) is 0 Å². The predicted octanol–water partition coefficient (Wildman–Crippen LogP) is 7.07. The predicted molar refractivity (Wildman–Crippen MR) is 168 cm³/mol. The number of hydrogen-bond acceptors (Lipinski definition) is 5. The van der Waals surface area contributed by atoms with E-state index in [4.69, 9.17) is 9.72 Å². The van der Waals surface area contributed by atoms with Crippen LogP contribution in [0.15, 0.2) is 87.2 Å². The molecule has 0 amide bonds. The van der Waals surface area contributed by atoms with Gasteiger partial charge in [0.05, 0.1) is 22.7 Å². The molecule has 0 unspecified atom stereocenters. The molecule has 2 aromatic heterocycles. The molecule has 5 rings (SSSR count). The van der Waals surface area contributed by atoms with Gasteiger partial charge in [-0.2, -0.15) is 9.78 Å². The maximum Gasteiger partial charge on any atom is 0.335 e. The van der Waals surface area contributed by atoms with Gasteiger partial charge < -0.3 is 14.4 Å². The second-order valence-electron chi connectivity index (χ2n) is 10.1. The van der Waals surface area contributed by atoms with E-state index in [0.717, 1.165) is 45.5 Å². The normalized spacial score (nSPS) is 11.4. The molecule has 0 saturated carbocycles. The minimum Gasteiger partial charge on any atom is -0.489 e. The van der Waals surface area contributed by atoms with Gasteiger partial charge in [-0.15, -0.1) is 0 Å². The quantitative estimate of drug-likeness (QED) is 0.167. The molecule has 0 spiro atoms. The Labute approximate surface area is 252 Å². The van der Waals surface area contributed by atoms with Crippen molar-refractivity contribution in [3.05, 3.63) is 122 Å². The number of aromatic carboxylic acids is 1. The van der Waals surface area contributed by atoms with E-state index in [-0.39, 0.29) is 17.7 Å². The third kappa shape index (κ3) is 6.21. The van der Waals surface area contributed by atoms with Crippen LogP contribution in [-0.2, 0) is 13.0 Å². The molecule has 5 aromatic rings. The number of aryl methyl sites for hydroxylation is 2. The number of benzene rings is 3. The molecule has 2 heterocycles. The Hall–Kier alpha value is -4.50. The van der Waals surface area contributed by atoms with E-state index in [1.807, 2.05) is 62.4 Å². The van der Waals surface area contributed by atoms with Crippen LogP contribution in [0.2, 0.25) is 0 Å². The Balaban J connectivity index is 1.39. The van der Waals surface area contributed by atoms with Crippen molar-refractivity contribution in [3.63, 3.8) is 0 Å². The van der Waals surface area contributed by atoms with Crippen molar-refractivity contribution >= 4 is 39.0 Å². The molecule has 8 nitrogen and oxygen atoms in total. The average Bonchev–Trinajstić information content (AvgIpc) is 3.27. The molecule has 1 N–H and O–H groups in total. The van der Waals surface area contributed by atoms with Crippen molar-refractivity contribution in [3.8, 4) is 11.4 Å². The van der Waals surface area contributed by atoms with Crippen LogP contribution in [0.1, 0.15) is 58.5 Å². The van der Waals surface area contributed by atoms with Crippen LogP contribution < -0.4 is 10.3 Å². The zero-order chi connectivity index (χ0) is 29.8. The summed E-state index contributed by atoms with van der Waals surface area (Å²) in [6.45, 7) is 6.42. The summed E-state index contributed by atoms with van der Waals surface area (Å²) in [6.07, 6.45) is 4.28. The molecule has 214 valence electrons. The van der Waals surface area contributed by atoms with Crippen molar-refractivity contribution < 1.29 is 14.6 Å². The van der Waals surface area contributed by atoms with Crippen LogP contribution in [0.25, 0.3) is 16.6 Å². The van der Waals surface area contributed by atoms with Gasteiger partial charge in [0, 0.05) is 33.5 Å². The van der Waals surface area contributed by atoms with Gasteiger partial charge in [-0.3, -0.25) is 4.79 Å². The zero-order valence-corrected chi connectivity index (χ0v) is 25.3. The SMILES string of the molecule is CCCCc1nc2ccc(Br)cc2c(=O)n1N=Cc1cc(C)n(-c2ccc(OCc3cccc(C(=O)O)c3)cc2)c1C. The minimum absolute atomic E-state index is 0.192. The van der Waals surface area contributed by atoms with Crippen molar-refractivity contribution in [2.45, 2.75) is 46.6 Å². The largest absolute Gasteiger partial charge is 0.489 e. The topological polar surface area (TPSA) is 98.7 Å². The Morgan fingerprint density at radius 3 is 2.60 bits per heavy atom. The summed E-state index contributed by atoms with van der Waals surface area (Å²) >= 11 is 3.46. The number of unbranched alkanes of at least 4 members (excludes halogenated alkanes) is 1. The van der Waals surface area contributed by atoms with E-state index in [1.54, 1.807) is 30.5 Å². The molecule has 9 heteroatoms. The molecule has 42 heavy (non-hydrogen) atoms. The Morgan fingerprint density at radius 1 is 1.07 bits per heavy atom. The maximum absolute atomic E-state index is 13.4. The number of carboxylic acids is 1. The summed E-state index contributed by atoms with van der Waals surface area (Å²) in [6, 6.07) is 22.0. The monoisotopic (exact) mass is 626 g/mol. The molecule has 0 fully saturated rings. The smallest absolute Gasteiger partial charge is 0.335 e. The summed E-state index contributed by atoms with van der Waals surface area (Å²) in [5, 5.41) is 14.4. The highest BCUT2D eigenvalue weighted by molar-refractivity contribution is 9.10. The van der Waals surface area contributed by atoms with Crippen molar-refractivity contribution in [1.82, 2.24) is 14.2 Å². The number of nitrogens with zero attached hydrogens (tertiary/aromatic N) is 4. The third-order valence-electron chi connectivity index (χ3n) is 7.09. The number of fused-ring (bicyclic) bond motifs is 1. The van der Waals surface area contributed by atoms with E-state index in [9.17, 15) is 14.7 Å². The molecule has 0 aliphatic carbocycles. The fourth-order valence-corrected chi connectivity index (χ4v) is 5.26. The third-order valence-corrected chi connectivity index (χ3v) is 7.58. The van der Waals surface area contributed by atoms with Gasteiger partial charge in [-0.25, -0.2) is 9.78 Å². The first-order valence-electron chi connectivity index (χ1n) is 13.7. The summed E-state index contributed by atoms with van der Waals surface area (Å²) in [5.74, 6) is 0.361. The van der Waals surface area contributed by atoms with Crippen molar-refractivity contribution in [1.29, 1.82) is 0 Å². The fourth-order valence-electron chi connectivity index (χ4n) is 4.90. The van der Waals surface area contributed by atoms with E-state index in [2.05, 4.69) is 32.5 Å². The van der Waals surface area contributed by atoms with E-state index in [1.165, 1.54) is 4.68 Å². The van der Waals surface area contributed by atoms with Gasteiger partial charge in [0.1, 0.15) is 18.2 Å². The average molecular weight is 628 g/mol. The lowest BCUT2D eigenvalue weighted by Gasteiger charge is -2.12. The van der Waals surface area contributed by atoms with E-state index >= 15 is 0 Å². The second-order valence-corrected chi connectivity index (χ2v) is 11.0. The Morgan fingerprint density at radius 2 is 1.86 bits per heavy atom. The number of ether oxygens (including phenoxy) is 1. The highest BCUT2D eigenvalue weighted by Crippen LogP contribution is 2.23. The summed E-state index contributed by atoms with van der Waals surface area (Å²) < 4.78 is 10.3. The van der Waals surface area contributed by atoms with Gasteiger partial charge in [-0.05, 0) is 86.5 Å². The summed E-state index contributed by atoms with van der Waals surface area (Å²) in [7, 11) is 0. The van der Waals surface area contributed by atoms with Crippen LogP contribution in [0.3, 0.4) is 0 Å². The molecular formula is C33H31BrN4O4. The second kappa shape index (κ2) is 12.6. The molecule has 0 saturated heterocycles. The first-order chi connectivity index (χ1) is 20.2. The maximum atomic E-state index is 13.4. The first-order valence-corrected chi connectivity index (χ1v) is 14.5. The number of carboxylic acid groups (broad SMARTS) is 1. The number of hydrogen-bond donors (Lipinski definition) is 1. The number of carbonyl (C=O) groups is 1. The lowest BCUT2D eigenvalue weighted by molar-refractivity contribution is 0.0696. The lowest BCUT2D eigenvalue weighted by atomic mass is 10.1. The lowest BCUT2D eigenvalue weighted by Crippen LogP contribution is -2.22. The van der Waals surface area contributed by atoms with Gasteiger partial charge in [0.25, 0.3) is 5.56 Å². The van der Waals surface area contributed by atoms with Crippen LogP contribution in [-0.4, -0.2) is 31.5 Å². The van der Waals surface area contributed by atoms with Crippen LogP contribution in [0, 0.1) is 13.8 Å². The first kappa shape index (κ1) is 29.0. The number of aromatic nitrogens is 3. The molecule has 0 radical (unpaired) electrons. The molecule has 3 aromatic carbocycles. The van der Waals surface area contributed by atoms with Crippen LogP contribution >= 0.6 is 15.9 Å². The number of halogens is 1. The van der Waals surface area contributed by atoms with E-state index in [0.29, 0.717) is 28.9 Å². The summed E-state index contributed by atoms with van der Waals surface area (Å²) in [5.41, 5.74) is 5.35. The van der Waals surface area contributed by atoms with Crippen molar-refractivity contribution in [2.75, 3.05) is 0 Å². The Bertz CT molecular complexity index is 1860. The molecular weight excluding hydrogens is 596 g/mol. The highest BCUT2D eigenvalue weighted by Gasteiger charge is 2.13. The zero-order valence-electron chi connectivity index (χ0n) is 23.7. The van der Waals surface area contributed by atoms with Crippen molar-refractivity contribution in [2.24, 2.45) is 5.10 Å². The van der Waals surface area contributed by atoms with Gasteiger partial charge in [0.2, 0.25) is 0 Å². The minimum atomic E-state index is -0.964. The number of rotatable bonds is 10. The van der Waals surface area contributed by atoms with Gasteiger partial charge in [-0.1, -0.05) is 41.4 Å². The van der Waals surface area contributed by atoms with Crippen LogP contribution in [0.4, 0.5) is 0 Å². The molecule has 0 aliphatic rings. The molecule has 0 aliphatic heterocycles. The van der Waals surface area contributed by atoms with Gasteiger partial charge >= 0.3 is 5.97 Å². The molecule has 0 bridgehead atoms. The van der Waals surface area contributed by atoms with Crippen LogP contribution in [0.5, 0.6) is 5.75 Å². The Kier molecular flexibility index (Phi) is 8.68. The van der Waals surface area contributed by atoms with E-state index < -0.39 is 5.97 Å². The fraction of sp³-hybridized carbons (Fsp3) is 0.212.